The fraction of sp³-hybridized carbons (Fsp3) is 0.429. The Morgan fingerprint density at radius 1 is 1.25 bits per heavy atom. The predicted molar refractivity (Wildman–Crippen MR) is 76.2 cm³/mol. The number of rotatable bonds is 2. The fourth-order valence-electron chi connectivity index (χ4n) is 2.58. The zero-order valence-electron chi connectivity index (χ0n) is 11.7. The lowest BCUT2D eigenvalue weighted by Gasteiger charge is -2.28. The van der Waals surface area contributed by atoms with E-state index in [2.05, 4.69) is 15.4 Å². The summed E-state index contributed by atoms with van der Waals surface area (Å²) in [5.74, 6) is 0.167. The van der Waals surface area contributed by atoms with Gasteiger partial charge in [0.05, 0.1) is 17.6 Å². The summed E-state index contributed by atoms with van der Waals surface area (Å²) in [6.45, 7) is 5.25. The van der Waals surface area contributed by atoms with E-state index in [4.69, 9.17) is 0 Å². The van der Waals surface area contributed by atoms with Crippen LogP contribution in [0.4, 0.5) is 10.2 Å². The number of hydrogen-bond acceptors (Lipinski definition) is 4. The highest BCUT2D eigenvalue weighted by Gasteiger charge is 2.18. The van der Waals surface area contributed by atoms with Crippen molar-refractivity contribution < 1.29 is 4.39 Å². The first-order chi connectivity index (χ1) is 9.66. The second kappa shape index (κ2) is 5.20. The van der Waals surface area contributed by atoms with E-state index in [1.165, 1.54) is 6.07 Å². The van der Waals surface area contributed by atoms with E-state index in [9.17, 15) is 4.39 Å². The number of aromatic nitrogens is 3. The molecule has 0 unspecified atom stereocenters. The third-order valence-corrected chi connectivity index (χ3v) is 3.61. The largest absolute Gasteiger partial charge is 0.352 e. The van der Waals surface area contributed by atoms with Crippen LogP contribution in [0.15, 0.2) is 18.3 Å². The average Bonchev–Trinajstić information content (AvgIpc) is 2.80. The number of pyridine rings is 1. The first-order valence-electron chi connectivity index (χ1n) is 6.78. The molecule has 1 fully saturated rings. The van der Waals surface area contributed by atoms with Gasteiger partial charge >= 0.3 is 0 Å². The molecular weight excluding hydrogens is 257 g/mol. The van der Waals surface area contributed by atoms with Crippen LogP contribution >= 0.6 is 0 Å². The molecular formula is C14H18FN5. The van der Waals surface area contributed by atoms with Crippen molar-refractivity contribution in [1.82, 2.24) is 20.1 Å². The van der Waals surface area contributed by atoms with Gasteiger partial charge in [-0.25, -0.2) is 9.37 Å². The Labute approximate surface area is 117 Å². The molecule has 1 aliphatic heterocycles. The third kappa shape index (κ3) is 2.27. The molecule has 1 N–H and O–H groups in total. The summed E-state index contributed by atoms with van der Waals surface area (Å²) in [5.41, 5.74) is 2.73. The number of anilines is 1. The fourth-order valence-corrected chi connectivity index (χ4v) is 2.58. The zero-order valence-corrected chi connectivity index (χ0v) is 11.7. The lowest BCUT2D eigenvalue weighted by atomic mass is 10.2. The van der Waals surface area contributed by atoms with Gasteiger partial charge in [-0.2, -0.15) is 5.10 Å². The highest BCUT2D eigenvalue weighted by atomic mass is 19.1. The Kier molecular flexibility index (Phi) is 3.40. The van der Waals surface area contributed by atoms with E-state index in [0.29, 0.717) is 5.82 Å². The van der Waals surface area contributed by atoms with Crippen LogP contribution in [-0.4, -0.2) is 40.9 Å². The second-order valence-electron chi connectivity index (χ2n) is 5.04. The summed E-state index contributed by atoms with van der Waals surface area (Å²) in [6, 6.07) is 3.21. The van der Waals surface area contributed by atoms with Crippen molar-refractivity contribution in [2.45, 2.75) is 6.92 Å². The molecule has 3 heterocycles. The molecule has 0 aliphatic carbocycles. The number of aryl methyl sites for hydroxylation is 2. The number of piperazine rings is 1. The highest BCUT2D eigenvalue weighted by molar-refractivity contribution is 5.61. The van der Waals surface area contributed by atoms with Crippen LogP contribution in [0.25, 0.3) is 11.4 Å². The summed E-state index contributed by atoms with van der Waals surface area (Å²) in [4.78, 5) is 6.51. The Bertz CT molecular complexity index is 597. The van der Waals surface area contributed by atoms with E-state index in [1.807, 2.05) is 18.9 Å². The average molecular weight is 275 g/mol. The maximum absolute atomic E-state index is 14.0. The molecule has 20 heavy (non-hydrogen) atoms. The van der Waals surface area contributed by atoms with Crippen molar-refractivity contribution in [3.8, 4) is 11.4 Å². The molecule has 6 heteroatoms. The summed E-state index contributed by atoms with van der Waals surface area (Å²) < 4.78 is 15.8. The molecule has 0 radical (unpaired) electrons. The summed E-state index contributed by atoms with van der Waals surface area (Å²) >= 11 is 0. The van der Waals surface area contributed by atoms with Gasteiger partial charge in [-0.15, -0.1) is 0 Å². The number of nitrogens with one attached hydrogen (secondary N) is 1. The minimum atomic E-state index is -0.268. The number of nitrogens with zero attached hydrogens (tertiary/aromatic N) is 4. The predicted octanol–water partition coefficient (Wildman–Crippen LogP) is 1.34. The Balaban J connectivity index is 2.02. The standard InChI is InChI=1S/C14H18FN5/c1-10-9-17-19(2)13(10)12-4-3-11(15)14(18-12)20-7-5-16-6-8-20/h3-4,9,16H,5-8H2,1-2H3. The molecule has 106 valence electrons. The van der Waals surface area contributed by atoms with Gasteiger partial charge in [0.15, 0.2) is 11.6 Å². The van der Waals surface area contributed by atoms with Gasteiger partial charge in [0.25, 0.3) is 0 Å². The number of halogens is 1. The smallest absolute Gasteiger partial charge is 0.165 e. The monoisotopic (exact) mass is 275 g/mol. The van der Waals surface area contributed by atoms with Crippen molar-refractivity contribution in [2.24, 2.45) is 7.05 Å². The molecule has 5 nitrogen and oxygen atoms in total. The van der Waals surface area contributed by atoms with Crippen LogP contribution in [0.2, 0.25) is 0 Å². The van der Waals surface area contributed by atoms with Crippen LogP contribution in [0, 0.1) is 12.7 Å². The van der Waals surface area contributed by atoms with E-state index >= 15 is 0 Å². The van der Waals surface area contributed by atoms with Gasteiger partial charge in [0, 0.05) is 33.2 Å². The third-order valence-electron chi connectivity index (χ3n) is 3.61. The molecule has 0 aromatic carbocycles. The molecule has 2 aromatic heterocycles. The van der Waals surface area contributed by atoms with Gasteiger partial charge in [0.1, 0.15) is 0 Å². The van der Waals surface area contributed by atoms with Gasteiger partial charge in [-0.05, 0) is 24.6 Å². The van der Waals surface area contributed by atoms with Crippen molar-refractivity contribution in [3.63, 3.8) is 0 Å². The summed E-state index contributed by atoms with van der Waals surface area (Å²) in [7, 11) is 1.87. The van der Waals surface area contributed by atoms with Crippen LogP contribution in [0.5, 0.6) is 0 Å². The minimum absolute atomic E-state index is 0.268. The van der Waals surface area contributed by atoms with E-state index < -0.39 is 0 Å². The number of hydrogen-bond donors (Lipinski definition) is 1. The zero-order chi connectivity index (χ0) is 14.1. The molecule has 2 aromatic rings. The lowest BCUT2D eigenvalue weighted by molar-refractivity contribution is 0.559. The Morgan fingerprint density at radius 3 is 2.65 bits per heavy atom. The SMILES string of the molecule is Cc1cnn(C)c1-c1ccc(F)c(N2CCNCC2)n1. The van der Waals surface area contributed by atoms with Gasteiger partial charge in [-0.3, -0.25) is 4.68 Å². The van der Waals surface area contributed by atoms with Crippen LogP contribution in [0.1, 0.15) is 5.56 Å². The maximum Gasteiger partial charge on any atom is 0.165 e. The van der Waals surface area contributed by atoms with Gasteiger partial charge < -0.3 is 10.2 Å². The summed E-state index contributed by atoms with van der Waals surface area (Å²) in [5, 5.41) is 7.47. The molecule has 0 amide bonds. The van der Waals surface area contributed by atoms with Gasteiger partial charge in [-0.1, -0.05) is 0 Å². The molecule has 0 bridgehead atoms. The van der Waals surface area contributed by atoms with Crippen LogP contribution in [0.3, 0.4) is 0 Å². The molecule has 3 rings (SSSR count). The first kappa shape index (κ1) is 13.1. The van der Waals surface area contributed by atoms with E-state index in [1.54, 1.807) is 16.9 Å². The van der Waals surface area contributed by atoms with E-state index in [-0.39, 0.29) is 5.82 Å². The molecule has 1 saturated heterocycles. The lowest BCUT2D eigenvalue weighted by Crippen LogP contribution is -2.44. The van der Waals surface area contributed by atoms with Crippen LogP contribution < -0.4 is 10.2 Å². The topological polar surface area (TPSA) is 46.0 Å². The van der Waals surface area contributed by atoms with Crippen molar-refractivity contribution in [2.75, 3.05) is 31.1 Å². The normalized spacial score (nSPS) is 15.7. The first-order valence-corrected chi connectivity index (χ1v) is 6.78. The van der Waals surface area contributed by atoms with Crippen LogP contribution in [-0.2, 0) is 7.05 Å². The molecule has 0 saturated carbocycles. The minimum Gasteiger partial charge on any atom is -0.352 e. The molecule has 0 atom stereocenters. The van der Waals surface area contributed by atoms with Crippen molar-refractivity contribution in [1.29, 1.82) is 0 Å². The highest BCUT2D eigenvalue weighted by Crippen LogP contribution is 2.25. The Morgan fingerprint density at radius 2 is 2.00 bits per heavy atom. The van der Waals surface area contributed by atoms with Crippen molar-refractivity contribution >= 4 is 5.82 Å². The quantitative estimate of drug-likeness (QED) is 0.898. The molecule has 1 aliphatic rings. The van der Waals surface area contributed by atoms with Crippen molar-refractivity contribution in [3.05, 3.63) is 29.7 Å². The molecule has 0 spiro atoms. The maximum atomic E-state index is 14.0. The summed E-state index contributed by atoms with van der Waals surface area (Å²) in [6.07, 6.45) is 1.80. The van der Waals surface area contributed by atoms with Gasteiger partial charge in [0.2, 0.25) is 0 Å². The Hall–Kier alpha value is -1.95. The van der Waals surface area contributed by atoms with E-state index in [0.717, 1.165) is 43.1 Å². The second-order valence-corrected chi connectivity index (χ2v) is 5.04.